The molecule has 1 N–H and O–H groups in total. The highest BCUT2D eigenvalue weighted by Crippen LogP contribution is 2.28. The first-order valence-electron chi connectivity index (χ1n) is 9.34. The number of para-hydroxylation sites is 1. The average molecular weight is 365 g/mol. The predicted octanol–water partition coefficient (Wildman–Crippen LogP) is 2.74. The van der Waals surface area contributed by atoms with Crippen molar-refractivity contribution < 1.29 is 9.59 Å². The summed E-state index contributed by atoms with van der Waals surface area (Å²) in [4.78, 5) is 24.5. The number of hydrogen-bond donors (Lipinski definition) is 1. The predicted molar refractivity (Wildman–Crippen MR) is 101 cm³/mol. The van der Waals surface area contributed by atoms with Gasteiger partial charge in [-0.05, 0) is 38.7 Å². The summed E-state index contributed by atoms with van der Waals surface area (Å²) < 4.78 is 3.91. The molecule has 7 heteroatoms. The van der Waals surface area contributed by atoms with E-state index < -0.39 is 0 Å². The molecule has 4 rings (SSSR count). The van der Waals surface area contributed by atoms with E-state index in [0.29, 0.717) is 11.6 Å². The number of fused-ring (bicyclic) bond motifs is 1. The minimum atomic E-state index is -0.0152. The van der Waals surface area contributed by atoms with E-state index in [4.69, 9.17) is 0 Å². The van der Waals surface area contributed by atoms with Crippen LogP contribution in [0.1, 0.15) is 49.0 Å². The first-order chi connectivity index (χ1) is 13.1. The highest BCUT2D eigenvalue weighted by atomic mass is 16.2. The smallest absolute Gasteiger partial charge is 0.240 e. The van der Waals surface area contributed by atoms with Crippen molar-refractivity contribution in [3.63, 3.8) is 0 Å². The summed E-state index contributed by atoms with van der Waals surface area (Å²) >= 11 is 0. The molecule has 0 bridgehead atoms. The van der Waals surface area contributed by atoms with Crippen LogP contribution in [-0.2, 0) is 11.3 Å². The van der Waals surface area contributed by atoms with Crippen LogP contribution in [-0.4, -0.2) is 37.1 Å². The topological polar surface area (TPSA) is 81.8 Å². The van der Waals surface area contributed by atoms with Crippen LogP contribution < -0.4 is 5.32 Å². The Kier molecular flexibility index (Phi) is 4.75. The molecule has 7 nitrogen and oxygen atoms in total. The van der Waals surface area contributed by atoms with E-state index in [0.717, 1.165) is 36.6 Å². The lowest BCUT2D eigenvalue weighted by Crippen LogP contribution is -2.39. The molecule has 1 amide bonds. The maximum absolute atomic E-state index is 12.6. The first-order valence-corrected chi connectivity index (χ1v) is 9.34. The Labute approximate surface area is 157 Å². The van der Waals surface area contributed by atoms with Crippen molar-refractivity contribution in [2.75, 3.05) is 0 Å². The number of aromatic nitrogens is 4. The van der Waals surface area contributed by atoms with Crippen LogP contribution in [0, 0.1) is 0 Å². The van der Waals surface area contributed by atoms with Gasteiger partial charge < -0.3 is 14.5 Å². The lowest BCUT2D eigenvalue weighted by molar-refractivity contribution is -0.122. The Balaban J connectivity index is 1.39. The van der Waals surface area contributed by atoms with Gasteiger partial charge in [0, 0.05) is 34.7 Å². The minimum absolute atomic E-state index is 0.0117. The number of ketones is 1. The van der Waals surface area contributed by atoms with Crippen molar-refractivity contribution in [3.8, 4) is 0 Å². The third-order valence-electron chi connectivity index (χ3n) is 5.40. The van der Waals surface area contributed by atoms with Crippen LogP contribution in [0.2, 0.25) is 0 Å². The van der Waals surface area contributed by atoms with Crippen LogP contribution in [0.4, 0.5) is 0 Å². The van der Waals surface area contributed by atoms with E-state index in [-0.39, 0.29) is 24.3 Å². The van der Waals surface area contributed by atoms with Gasteiger partial charge in [-0.15, -0.1) is 10.2 Å². The van der Waals surface area contributed by atoms with Gasteiger partial charge in [-0.3, -0.25) is 9.59 Å². The molecule has 0 atom stereocenters. The van der Waals surface area contributed by atoms with Gasteiger partial charge in [-0.2, -0.15) is 0 Å². The van der Waals surface area contributed by atoms with Crippen LogP contribution in [0.15, 0.2) is 43.1 Å². The number of hydrogen-bond acceptors (Lipinski definition) is 4. The van der Waals surface area contributed by atoms with Gasteiger partial charge in [-0.25, -0.2) is 0 Å². The number of Topliss-reactive ketones (excluding diaryl/α,β-unsaturated/α-hetero) is 1. The van der Waals surface area contributed by atoms with Gasteiger partial charge in [0.15, 0.2) is 5.78 Å². The fraction of sp³-hybridized carbons (Fsp3) is 0.400. The summed E-state index contributed by atoms with van der Waals surface area (Å²) in [6.07, 6.45) is 9.20. The number of carbonyl (C=O) groups excluding carboxylic acids is 2. The van der Waals surface area contributed by atoms with Crippen LogP contribution >= 0.6 is 0 Å². The Morgan fingerprint density at radius 3 is 2.52 bits per heavy atom. The van der Waals surface area contributed by atoms with Gasteiger partial charge in [0.1, 0.15) is 19.2 Å². The Morgan fingerprint density at radius 1 is 1.11 bits per heavy atom. The van der Waals surface area contributed by atoms with E-state index in [2.05, 4.69) is 15.5 Å². The van der Waals surface area contributed by atoms with Crippen LogP contribution in [0.3, 0.4) is 0 Å². The molecule has 0 radical (unpaired) electrons. The third kappa shape index (κ3) is 3.63. The summed E-state index contributed by atoms with van der Waals surface area (Å²) in [5.41, 5.74) is 1.57. The normalized spacial score (nSPS) is 19.9. The van der Waals surface area contributed by atoms with Gasteiger partial charge in [0.25, 0.3) is 0 Å². The van der Waals surface area contributed by atoms with E-state index in [1.165, 1.54) is 0 Å². The molecule has 0 saturated heterocycles. The second-order valence-electron chi connectivity index (χ2n) is 7.23. The molecular formula is C20H23N5O2. The lowest BCUT2D eigenvalue weighted by Gasteiger charge is -2.29. The largest absolute Gasteiger partial charge is 0.352 e. The number of rotatable bonds is 5. The molecule has 1 aliphatic carbocycles. The molecule has 1 aromatic carbocycles. The van der Waals surface area contributed by atoms with Crippen molar-refractivity contribution >= 4 is 22.6 Å². The number of nitrogens with zero attached hydrogens (tertiary/aromatic N) is 4. The van der Waals surface area contributed by atoms with Crippen LogP contribution in [0.5, 0.6) is 0 Å². The maximum Gasteiger partial charge on any atom is 0.240 e. The average Bonchev–Trinajstić information content (AvgIpc) is 3.31. The second-order valence-corrected chi connectivity index (χ2v) is 7.23. The molecule has 0 aliphatic heterocycles. The zero-order chi connectivity index (χ0) is 18.8. The lowest BCUT2D eigenvalue weighted by atomic mass is 9.91. The van der Waals surface area contributed by atoms with Gasteiger partial charge >= 0.3 is 0 Å². The maximum atomic E-state index is 12.6. The van der Waals surface area contributed by atoms with Crippen molar-refractivity contribution in [2.45, 2.75) is 51.2 Å². The minimum Gasteiger partial charge on any atom is -0.352 e. The highest BCUT2D eigenvalue weighted by molar-refractivity contribution is 6.07. The highest BCUT2D eigenvalue weighted by Gasteiger charge is 2.23. The van der Waals surface area contributed by atoms with Crippen molar-refractivity contribution in [3.05, 3.63) is 48.7 Å². The summed E-state index contributed by atoms with van der Waals surface area (Å²) in [5.74, 6) is -0.00345. The molecule has 2 heterocycles. The summed E-state index contributed by atoms with van der Waals surface area (Å²) in [7, 11) is 0. The van der Waals surface area contributed by atoms with Gasteiger partial charge in [-0.1, -0.05) is 18.2 Å². The standard InChI is InChI=1S/C20H23N5O2/c1-14(26)18-10-24(19-5-3-2-4-17(18)19)11-20(27)23-15-6-8-16(9-7-15)25-12-21-22-13-25/h2-5,10,12-13,15-16H,6-9,11H2,1H3,(H,23,27). The fourth-order valence-corrected chi connectivity index (χ4v) is 4.00. The zero-order valence-electron chi connectivity index (χ0n) is 15.3. The molecule has 0 unspecified atom stereocenters. The SMILES string of the molecule is CC(=O)c1cn(CC(=O)NC2CCC(n3cnnc3)CC2)c2ccccc12. The summed E-state index contributed by atoms with van der Waals surface area (Å²) in [6, 6.07) is 8.31. The molecule has 3 aromatic rings. The molecule has 27 heavy (non-hydrogen) atoms. The molecule has 140 valence electrons. The van der Waals surface area contributed by atoms with Crippen molar-refractivity contribution in [1.82, 2.24) is 24.6 Å². The monoisotopic (exact) mass is 365 g/mol. The van der Waals surface area contributed by atoms with Gasteiger partial charge in [0.05, 0.1) is 0 Å². The Hall–Kier alpha value is -2.96. The second kappa shape index (κ2) is 7.34. The van der Waals surface area contributed by atoms with Crippen molar-refractivity contribution in [2.24, 2.45) is 0 Å². The third-order valence-corrected chi connectivity index (χ3v) is 5.40. The molecular weight excluding hydrogens is 342 g/mol. The number of nitrogens with one attached hydrogen (secondary N) is 1. The Bertz CT molecular complexity index is 952. The fourth-order valence-electron chi connectivity index (χ4n) is 4.00. The quantitative estimate of drug-likeness (QED) is 0.705. The molecule has 1 saturated carbocycles. The zero-order valence-corrected chi connectivity index (χ0v) is 15.3. The van der Waals surface area contributed by atoms with E-state index in [9.17, 15) is 9.59 Å². The summed E-state index contributed by atoms with van der Waals surface area (Å²) in [6.45, 7) is 1.78. The first kappa shape index (κ1) is 17.5. The number of carbonyl (C=O) groups is 2. The Morgan fingerprint density at radius 2 is 1.81 bits per heavy atom. The van der Waals surface area contributed by atoms with Gasteiger partial charge in [0.2, 0.25) is 5.91 Å². The summed E-state index contributed by atoms with van der Waals surface area (Å²) in [5, 5.41) is 11.8. The number of benzene rings is 1. The van der Waals surface area contributed by atoms with E-state index in [1.54, 1.807) is 25.8 Å². The molecule has 2 aromatic heterocycles. The van der Waals surface area contributed by atoms with Crippen molar-refractivity contribution in [1.29, 1.82) is 0 Å². The molecule has 0 spiro atoms. The number of amides is 1. The van der Waals surface area contributed by atoms with E-state index in [1.807, 2.05) is 33.4 Å². The van der Waals surface area contributed by atoms with E-state index >= 15 is 0 Å². The molecule has 1 fully saturated rings. The molecule has 1 aliphatic rings. The van der Waals surface area contributed by atoms with Crippen LogP contribution in [0.25, 0.3) is 10.9 Å².